The van der Waals surface area contributed by atoms with Crippen molar-refractivity contribution < 1.29 is 4.39 Å². The molecular formula is C6H10FN3. The molecule has 56 valence electrons. The molecular weight excluding hydrogens is 133 g/mol. The Balaban J connectivity index is 0.000000371. The summed E-state index contributed by atoms with van der Waals surface area (Å²) in [6.45, 7) is 7.15. The summed E-state index contributed by atoms with van der Waals surface area (Å²) in [4.78, 5) is 3.36. The van der Waals surface area contributed by atoms with Crippen LogP contribution in [0.25, 0.3) is 0 Å². The first-order chi connectivity index (χ1) is 4.83. The number of aromatic nitrogens is 2. The summed E-state index contributed by atoms with van der Waals surface area (Å²) >= 11 is 0. The average molecular weight is 143 g/mol. The number of aromatic amines is 1. The molecule has 3 nitrogen and oxygen atoms in total. The summed E-state index contributed by atoms with van der Waals surface area (Å²) in [7, 11) is 0. The Bertz CT molecular complexity index is 195. The Hall–Kier alpha value is -1.19. The Morgan fingerprint density at radius 2 is 2.30 bits per heavy atom. The largest absolute Gasteiger partial charge is 0.251 e. The van der Waals surface area contributed by atoms with Crippen LogP contribution in [0.4, 0.5) is 10.2 Å². The van der Waals surface area contributed by atoms with Crippen molar-refractivity contribution in [1.29, 1.82) is 0 Å². The highest BCUT2D eigenvalue weighted by molar-refractivity contribution is 5.37. The number of hydrogen-bond donors (Lipinski definition) is 1. The van der Waals surface area contributed by atoms with Crippen molar-refractivity contribution in [2.45, 2.75) is 13.8 Å². The lowest BCUT2D eigenvalue weighted by atomic mass is 10.6. The molecule has 0 atom stereocenters. The van der Waals surface area contributed by atoms with E-state index in [4.69, 9.17) is 0 Å². The van der Waals surface area contributed by atoms with E-state index in [2.05, 4.69) is 21.9 Å². The van der Waals surface area contributed by atoms with Gasteiger partial charge in [0.1, 0.15) is 0 Å². The van der Waals surface area contributed by atoms with Gasteiger partial charge in [0.15, 0.2) is 5.82 Å². The zero-order chi connectivity index (χ0) is 7.98. The van der Waals surface area contributed by atoms with Crippen LogP contribution in [0.5, 0.6) is 0 Å². The monoisotopic (exact) mass is 143 g/mol. The van der Waals surface area contributed by atoms with E-state index in [-0.39, 0.29) is 5.82 Å². The molecule has 0 aliphatic carbocycles. The van der Waals surface area contributed by atoms with Crippen molar-refractivity contribution in [3.05, 3.63) is 12.0 Å². The van der Waals surface area contributed by atoms with Crippen LogP contribution < -0.4 is 0 Å². The van der Waals surface area contributed by atoms with E-state index < -0.39 is 5.95 Å². The van der Waals surface area contributed by atoms with Gasteiger partial charge < -0.3 is 0 Å². The van der Waals surface area contributed by atoms with Gasteiger partial charge in [-0.25, -0.2) is 4.99 Å². The lowest BCUT2D eigenvalue weighted by Crippen LogP contribution is -1.67. The maximum atomic E-state index is 11.9. The quantitative estimate of drug-likeness (QED) is 0.599. The van der Waals surface area contributed by atoms with Crippen molar-refractivity contribution in [2.75, 3.05) is 0 Å². The van der Waals surface area contributed by atoms with E-state index in [1.807, 2.05) is 13.8 Å². The minimum atomic E-state index is -0.493. The molecule has 0 aliphatic heterocycles. The van der Waals surface area contributed by atoms with Gasteiger partial charge in [0.05, 0.1) is 0 Å². The van der Waals surface area contributed by atoms with Gasteiger partial charge in [-0.15, -0.1) is 0 Å². The molecule has 0 amide bonds. The van der Waals surface area contributed by atoms with Gasteiger partial charge in [0.25, 0.3) is 0 Å². The second-order valence-electron chi connectivity index (χ2n) is 1.23. The third-order valence-electron chi connectivity index (χ3n) is 0.695. The van der Waals surface area contributed by atoms with Gasteiger partial charge >= 0.3 is 0 Å². The normalized spacial score (nSPS) is 7.90. The van der Waals surface area contributed by atoms with E-state index in [1.54, 1.807) is 0 Å². The van der Waals surface area contributed by atoms with Crippen LogP contribution in [0.15, 0.2) is 11.1 Å². The average Bonchev–Trinajstić information content (AvgIpc) is 2.40. The van der Waals surface area contributed by atoms with Crippen LogP contribution in [0.2, 0.25) is 0 Å². The van der Waals surface area contributed by atoms with Crippen LogP contribution in [0.1, 0.15) is 13.8 Å². The van der Waals surface area contributed by atoms with Crippen molar-refractivity contribution in [3.63, 3.8) is 0 Å². The molecule has 0 bridgehead atoms. The number of rotatable bonds is 1. The maximum Gasteiger partial charge on any atom is 0.211 e. The zero-order valence-electron chi connectivity index (χ0n) is 6.06. The van der Waals surface area contributed by atoms with Gasteiger partial charge in [-0.05, 0) is 6.72 Å². The number of nitrogens with zero attached hydrogens (tertiary/aromatic N) is 2. The third-order valence-corrected chi connectivity index (χ3v) is 0.695. The highest BCUT2D eigenvalue weighted by Gasteiger charge is 1.92. The molecule has 0 radical (unpaired) electrons. The number of halogens is 1. The van der Waals surface area contributed by atoms with Crippen LogP contribution in [0, 0.1) is 5.95 Å². The van der Waals surface area contributed by atoms with Crippen molar-refractivity contribution in [2.24, 2.45) is 4.99 Å². The smallest absolute Gasteiger partial charge is 0.211 e. The molecule has 1 aromatic heterocycles. The highest BCUT2D eigenvalue weighted by atomic mass is 19.1. The molecule has 1 aromatic rings. The summed E-state index contributed by atoms with van der Waals surface area (Å²) in [5.41, 5.74) is 0. The van der Waals surface area contributed by atoms with Crippen molar-refractivity contribution in [1.82, 2.24) is 10.2 Å². The molecule has 1 heterocycles. The maximum absolute atomic E-state index is 11.9. The number of aliphatic imine (C=N–C) groups is 1. The fraction of sp³-hybridized carbons (Fsp3) is 0.333. The predicted octanol–water partition coefficient (Wildman–Crippen LogP) is 1.91. The van der Waals surface area contributed by atoms with Crippen LogP contribution in [-0.2, 0) is 0 Å². The van der Waals surface area contributed by atoms with Gasteiger partial charge in [-0.2, -0.15) is 9.49 Å². The van der Waals surface area contributed by atoms with E-state index in [1.165, 1.54) is 0 Å². The Labute approximate surface area is 59.0 Å². The Kier molecular flexibility index (Phi) is 4.11. The molecule has 0 aliphatic rings. The Morgan fingerprint density at radius 1 is 1.70 bits per heavy atom. The van der Waals surface area contributed by atoms with Crippen molar-refractivity contribution in [3.8, 4) is 0 Å². The van der Waals surface area contributed by atoms with Crippen LogP contribution in [0.3, 0.4) is 0 Å². The zero-order valence-corrected chi connectivity index (χ0v) is 6.06. The second-order valence-corrected chi connectivity index (χ2v) is 1.23. The first-order valence-electron chi connectivity index (χ1n) is 3.00. The first-order valence-corrected chi connectivity index (χ1v) is 3.00. The predicted molar refractivity (Wildman–Crippen MR) is 39.1 cm³/mol. The SMILES string of the molecule is C=Nc1cc(F)[nH]n1.CC. The summed E-state index contributed by atoms with van der Waals surface area (Å²) < 4.78 is 11.9. The number of nitrogens with one attached hydrogen (secondary N) is 1. The summed E-state index contributed by atoms with van der Waals surface area (Å²) in [5, 5.41) is 5.47. The van der Waals surface area contributed by atoms with E-state index in [0.717, 1.165) is 6.07 Å². The molecule has 0 saturated carbocycles. The molecule has 1 N–H and O–H groups in total. The Morgan fingerprint density at radius 3 is 2.50 bits per heavy atom. The molecule has 10 heavy (non-hydrogen) atoms. The van der Waals surface area contributed by atoms with Gasteiger partial charge in [-0.1, -0.05) is 13.8 Å². The summed E-state index contributed by atoms with van der Waals surface area (Å²) in [5.74, 6) is -0.213. The summed E-state index contributed by atoms with van der Waals surface area (Å²) in [6.07, 6.45) is 0. The number of hydrogen-bond acceptors (Lipinski definition) is 2. The van der Waals surface area contributed by atoms with Crippen LogP contribution >= 0.6 is 0 Å². The molecule has 4 heteroatoms. The van der Waals surface area contributed by atoms with E-state index >= 15 is 0 Å². The van der Waals surface area contributed by atoms with Crippen molar-refractivity contribution >= 4 is 12.5 Å². The van der Waals surface area contributed by atoms with E-state index in [0.29, 0.717) is 0 Å². The van der Waals surface area contributed by atoms with E-state index in [9.17, 15) is 4.39 Å². The topological polar surface area (TPSA) is 41.0 Å². The summed E-state index contributed by atoms with van der Waals surface area (Å²) in [6, 6.07) is 1.16. The molecule has 0 spiro atoms. The molecule has 0 aromatic carbocycles. The lowest BCUT2D eigenvalue weighted by molar-refractivity contribution is 0.579. The lowest BCUT2D eigenvalue weighted by Gasteiger charge is -1.70. The third kappa shape index (κ3) is 2.39. The second kappa shape index (κ2) is 4.67. The molecule has 1 rings (SSSR count). The fourth-order valence-corrected chi connectivity index (χ4v) is 0.370. The molecule has 0 saturated heterocycles. The minimum Gasteiger partial charge on any atom is -0.251 e. The van der Waals surface area contributed by atoms with Gasteiger partial charge in [0.2, 0.25) is 5.95 Å². The standard InChI is InChI=1S/C4H4FN3.C2H6/c1-6-4-2-3(5)7-8-4;1-2/h2H,1H2,(H,7,8);1-2H3. The number of H-pyrrole nitrogens is 1. The highest BCUT2D eigenvalue weighted by Crippen LogP contribution is 2.04. The molecule has 0 unspecified atom stereocenters. The fourth-order valence-electron chi connectivity index (χ4n) is 0.370. The van der Waals surface area contributed by atoms with Crippen LogP contribution in [-0.4, -0.2) is 16.9 Å². The van der Waals surface area contributed by atoms with Gasteiger partial charge in [0, 0.05) is 6.07 Å². The minimum absolute atomic E-state index is 0.280. The molecule has 0 fully saturated rings. The first kappa shape index (κ1) is 8.81. The van der Waals surface area contributed by atoms with Gasteiger partial charge in [-0.3, -0.25) is 5.10 Å².